The van der Waals surface area contributed by atoms with Gasteiger partial charge in [0.25, 0.3) is 0 Å². The van der Waals surface area contributed by atoms with Crippen molar-refractivity contribution in [3.63, 3.8) is 0 Å². The topological polar surface area (TPSA) is 42.4 Å². The Kier molecular flexibility index (Phi) is 5.78. The van der Waals surface area contributed by atoms with Crippen LogP contribution in [-0.2, 0) is 0 Å². The lowest BCUT2D eigenvalue weighted by Gasteiger charge is -2.08. The number of aromatic nitrogens is 1. The van der Waals surface area contributed by atoms with Crippen LogP contribution >= 0.6 is 11.3 Å². The average Bonchev–Trinajstić information content (AvgIpc) is 2.82. The molecule has 1 aromatic heterocycles. The lowest BCUT2D eigenvalue weighted by molar-refractivity contribution is -0.274. The van der Waals surface area contributed by atoms with E-state index in [1.807, 2.05) is 0 Å². The van der Waals surface area contributed by atoms with E-state index in [0.717, 1.165) is 10.6 Å². The minimum atomic E-state index is -4.65. The Morgan fingerprint density at radius 2 is 1.84 bits per heavy atom. The quantitative estimate of drug-likeness (QED) is 0.917. The van der Waals surface area contributed by atoms with E-state index in [0.29, 0.717) is 0 Å². The van der Waals surface area contributed by atoms with Crippen LogP contribution in [-0.4, -0.2) is 23.1 Å². The molecule has 1 heterocycles. The van der Waals surface area contributed by atoms with Crippen molar-refractivity contribution in [1.82, 2.24) is 4.98 Å². The molecule has 2 rings (SSSR count). The summed E-state index contributed by atoms with van der Waals surface area (Å²) in [5, 5.41) is 10.1. The highest BCUT2D eigenvalue weighted by Crippen LogP contribution is 2.27. The average molecular weight is 291 g/mol. The van der Waals surface area contributed by atoms with Gasteiger partial charge in [0, 0.05) is 23.7 Å². The van der Waals surface area contributed by atoms with Gasteiger partial charge < -0.3 is 9.84 Å². The lowest BCUT2D eigenvalue weighted by atomic mass is 10.2. The molecule has 1 N–H and O–H groups in total. The molecule has 0 aliphatic rings. The zero-order valence-corrected chi connectivity index (χ0v) is 10.8. The van der Waals surface area contributed by atoms with Crippen LogP contribution in [0, 0.1) is 0 Å². The Hall–Kier alpha value is -1.60. The van der Waals surface area contributed by atoms with Gasteiger partial charge in [-0.25, -0.2) is 4.98 Å². The molecule has 0 aliphatic heterocycles. The Labute approximate surface area is 112 Å². The summed E-state index contributed by atoms with van der Waals surface area (Å²) in [6.07, 6.45) is -3.01. The zero-order chi connectivity index (χ0) is 14.3. The van der Waals surface area contributed by atoms with Crippen molar-refractivity contribution in [1.29, 1.82) is 0 Å². The number of halogens is 3. The van der Waals surface area contributed by atoms with Crippen LogP contribution in [0.2, 0.25) is 0 Å². The molecule has 0 saturated carbocycles. The number of hydrogen-bond acceptors (Lipinski definition) is 4. The highest BCUT2D eigenvalue weighted by Gasteiger charge is 2.30. The predicted octanol–water partition coefficient (Wildman–Crippen LogP) is 3.71. The van der Waals surface area contributed by atoms with Crippen molar-refractivity contribution in [3.05, 3.63) is 35.8 Å². The summed E-state index contributed by atoms with van der Waals surface area (Å²) in [7, 11) is 0. The molecule has 3 nitrogen and oxygen atoms in total. The molecule has 0 spiro atoms. The monoisotopic (exact) mass is 291 g/mol. The third-order valence-electron chi connectivity index (χ3n) is 1.77. The second kappa shape index (κ2) is 7.10. The van der Waals surface area contributed by atoms with E-state index in [-0.39, 0.29) is 12.4 Å². The molecule has 0 aliphatic carbocycles. The molecular weight excluding hydrogens is 279 g/mol. The maximum atomic E-state index is 11.9. The minimum Gasteiger partial charge on any atom is -0.406 e. The smallest absolute Gasteiger partial charge is 0.406 e. The summed E-state index contributed by atoms with van der Waals surface area (Å²) < 4.78 is 39.4. The van der Waals surface area contributed by atoms with Crippen molar-refractivity contribution in [3.8, 4) is 16.3 Å². The molecule has 19 heavy (non-hydrogen) atoms. The van der Waals surface area contributed by atoms with E-state index >= 15 is 0 Å². The molecule has 0 bridgehead atoms. The van der Waals surface area contributed by atoms with Crippen LogP contribution < -0.4 is 4.74 Å². The van der Waals surface area contributed by atoms with Gasteiger partial charge in [-0.15, -0.1) is 24.5 Å². The summed E-state index contributed by atoms with van der Waals surface area (Å²) in [5.41, 5.74) is 0.768. The summed E-state index contributed by atoms with van der Waals surface area (Å²) in [4.78, 5) is 4.05. The second-order valence-corrected chi connectivity index (χ2v) is 4.12. The maximum Gasteiger partial charge on any atom is 0.573 e. The maximum absolute atomic E-state index is 11.9. The first kappa shape index (κ1) is 15.5. The Morgan fingerprint density at radius 3 is 2.26 bits per heavy atom. The van der Waals surface area contributed by atoms with E-state index in [1.54, 1.807) is 30.6 Å². The number of alkyl halides is 3. The van der Waals surface area contributed by atoms with Gasteiger partial charge in [-0.3, -0.25) is 0 Å². The number of thiazole rings is 1. The van der Waals surface area contributed by atoms with Crippen molar-refractivity contribution < 1.29 is 23.0 Å². The predicted molar refractivity (Wildman–Crippen MR) is 67.0 cm³/mol. The fourth-order valence-electron chi connectivity index (χ4n) is 1.17. The third kappa shape index (κ3) is 5.71. The van der Waals surface area contributed by atoms with Gasteiger partial charge in [0.2, 0.25) is 0 Å². The molecule has 0 amide bonds. The molecule has 104 valence electrons. The summed E-state index contributed by atoms with van der Waals surface area (Å²) in [5.74, 6) is -0.229. The first-order valence-corrected chi connectivity index (χ1v) is 6.20. The first-order chi connectivity index (χ1) is 8.96. The number of aliphatic hydroxyl groups excluding tert-OH is 1. The van der Waals surface area contributed by atoms with Gasteiger partial charge in [0.1, 0.15) is 10.8 Å². The zero-order valence-electron chi connectivity index (χ0n) is 10.0. The normalized spacial score (nSPS) is 10.6. The van der Waals surface area contributed by atoms with Crippen LogP contribution in [0.5, 0.6) is 5.75 Å². The molecule has 0 unspecified atom stereocenters. The highest BCUT2D eigenvalue weighted by atomic mass is 32.1. The number of aliphatic hydroxyl groups is 1. The van der Waals surface area contributed by atoms with E-state index in [9.17, 15) is 13.2 Å². The van der Waals surface area contributed by atoms with Crippen molar-refractivity contribution in [2.45, 2.75) is 13.3 Å². The van der Waals surface area contributed by atoms with E-state index in [2.05, 4.69) is 9.72 Å². The minimum absolute atomic E-state index is 0.229. The Balaban J connectivity index is 0.000000550. The van der Waals surface area contributed by atoms with Crippen molar-refractivity contribution >= 4 is 11.3 Å². The molecule has 1 aromatic carbocycles. The van der Waals surface area contributed by atoms with Gasteiger partial charge >= 0.3 is 6.36 Å². The number of ether oxygens (including phenoxy) is 1. The van der Waals surface area contributed by atoms with Crippen LogP contribution in [0.4, 0.5) is 13.2 Å². The number of nitrogens with zero attached hydrogens (tertiary/aromatic N) is 1. The van der Waals surface area contributed by atoms with Gasteiger partial charge in [-0.2, -0.15) is 0 Å². The van der Waals surface area contributed by atoms with Gasteiger partial charge in [0.05, 0.1) is 0 Å². The molecule has 0 fully saturated rings. The lowest BCUT2D eigenvalue weighted by Crippen LogP contribution is -2.16. The molecule has 0 atom stereocenters. The highest BCUT2D eigenvalue weighted by molar-refractivity contribution is 7.13. The van der Waals surface area contributed by atoms with E-state index in [4.69, 9.17) is 5.11 Å². The fraction of sp³-hybridized carbons (Fsp3) is 0.250. The van der Waals surface area contributed by atoms with Crippen LogP contribution in [0.15, 0.2) is 35.8 Å². The van der Waals surface area contributed by atoms with Crippen molar-refractivity contribution in [2.24, 2.45) is 0 Å². The number of hydrogen-bond donors (Lipinski definition) is 1. The molecule has 0 radical (unpaired) electrons. The van der Waals surface area contributed by atoms with Crippen LogP contribution in [0.1, 0.15) is 6.92 Å². The number of rotatable bonds is 2. The Bertz CT molecular complexity index is 469. The van der Waals surface area contributed by atoms with Gasteiger partial charge in [-0.1, -0.05) is 0 Å². The Morgan fingerprint density at radius 1 is 1.26 bits per heavy atom. The standard InChI is InChI=1S/C10H6F3NOS.C2H6O/c11-10(12,13)15-8-3-1-7(2-4-8)9-14-5-6-16-9;1-2-3/h1-6H;3H,2H2,1H3. The van der Waals surface area contributed by atoms with Crippen molar-refractivity contribution in [2.75, 3.05) is 6.61 Å². The fourth-order valence-corrected chi connectivity index (χ4v) is 1.81. The largest absolute Gasteiger partial charge is 0.573 e. The summed E-state index contributed by atoms with van der Waals surface area (Å²) in [6, 6.07) is 5.62. The van der Waals surface area contributed by atoms with Crippen LogP contribution in [0.25, 0.3) is 10.6 Å². The SMILES string of the molecule is CCO.FC(F)(F)Oc1ccc(-c2nccs2)cc1. The van der Waals surface area contributed by atoms with E-state index < -0.39 is 6.36 Å². The van der Waals surface area contributed by atoms with Gasteiger partial charge in [-0.05, 0) is 31.2 Å². The molecular formula is C12H12F3NO2S. The summed E-state index contributed by atoms with van der Waals surface area (Å²) in [6.45, 7) is 1.93. The second-order valence-electron chi connectivity index (χ2n) is 3.23. The summed E-state index contributed by atoms with van der Waals surface area (Å²) >= 11 is 1.42. The first-order valence-electron chi connectivity index (χ1n) is 5.32. The molecule has 0 saturated heterocycles. The molecule has 7 heteroatoms. The molecule has 2 aromatic rings. The van der Waals surface area contributed by atoms with E-state index in [1.165, 1.54) is 23.5 Å². The van der Waals surface area contributed by atoms with Gasteiger partial charge in [0.15, 0.2) is 0 Å². The third-order valence-corrected chi connectivity index (χ3v) is 2.59. The van der Waals surface area contributed by atoms with Crippen LogP contribution in [0.3, 0.4) is 0 Å². The number of benzene rings is 1.